The molecule has 0 saturated carbocycles. The van der Waals surface area contributed by atoms with Gasteiger partial charge in [-0.3, -0.25) is 9.36 Å². The highest BCUT2D eigenvalue weighted by molar-refractivity contribution is 5.81. The van der Waals surface area contributed by atoms with Crippen LogP contribution in [0.25, 0.3) is 10.9 Å². The first kappa shape index (κ1) is 16.6. The van der Waals surface area contributed by atoms with Gasteiger partial charge in [-0.1, -0.05) is 18.6 Å². The van der Waals surface area contributed by atoms with Crippen molar-refractivity contribution < 1.29 is 4.74 Å². The summed E-state index contributed by atoms with van der Waals surface area (Å²) in [5, 5.41) is 4.08. The Morgan fingerprint density at radius 2 is 1.96 bits per heavy atom. The molecule has 0 unspecified atom stereocenters. The first-order chi connectivity index (χ1) is 12.7. The van der Waals surface area contributed by atoms with Crippen LogP contribution in [-0.2, 0) is 19.5 Å². The van der Waals surface area contributed by atoms with Crippen LogP contribution in [0.2, 0.25) is 0 Å². The second-order valence-electron chi connectivity index (χ2n) is 6.73. The lowest BCUT2D eigenvalue weighted by Crippen LogP contribution is -2.24. The minimum Gasteiger partial charge on any atom is -0.497 e. The zero-order valence-electron chi connectivity index (χ0n) is 15.0. The fraction of sp³-hybridized carbons (Fsp3) is 0.333. The van der Waals surface area contributed by atoms with E-state index in [1.54, 1.807) is 7.11 Å². The van der Waals surface area contributed by atoms with Gasteiger partial charge < -0.3 is 10.1 Å². The molecule has 5 nitrogen and oxygen atoms in total. The zero-order chi connectivity index (χ0) is 17.9. The molecule has 0 aliphatic carbocycles. The number of benzene rings is 2. The Morgan fingerprint density at radius 1 is 1.12 bits per heavy atom. The van der Waals surface area contributed by atoms with Gasteiger partial charge in [0.1, 0.15) is 11.6 Å². The van der Waals surface area contributed by atoms with Gasteiger partial charge >= 0.3 is 0 Å². The summed E-state index contributed by atoms with van der Waals surface area (Å²) in [6.45, 7) is 1.47. The van der Waals surface area contributed by atoms with E-state index >= 15 is 0 Å². The maximum absolute atomic E-state index is 12.9. The summed E-state index contributed by atoms with van der Waals surface area (Å²) in [6.07, 6.45) is 4.21. The Hall–Kier alpha value is -2.82. The van der Waals surface area contributed by atoms with Gasteiger partial charge in [-0.05, 0) is 48.7 Å². The summed E-state index contributed by atoms with van der Waals surface area (Å²) in [6, 6.07) is 13.8. The van der Waals surface area contributed by atoms with Crippen LogP contribution in [0, 0.1) is 0 Å². The van der Waals surface area contributed by atoms with E-state index in [1.165, 1.54) is 0 Å². The normalized spacial score (nSPS) is 13.9. The Bertz CT molecular complexity index is 977. The quantitative estimate of drug-likeness (QED) is 0.779. The molecule has 0 atom stereocenters. The van der Waals surface area contributed by atoms with Gasteiger partial charge in [-0.15, -0.1) is 0 Å². The molecule has 0 saturated heterocycles. The van der Waals surface area contributed by atoms with Crippen molar-refractivity contribution >= 4 is 16.6 Å². The van der Waals surface area contributed by atoms with Crippen LogP contribution >= 0.6 is 0 Å². The molecule has 1 aliphatic rings. The van der Waals surface area contributed by atoms with Crippen LogP contribution in [0.15, 0.2) is 47.3 Å². The molecule has 1 N–H and O–H groups in total. The standard InChI is InChI=1S/C21H23N3O2/c1-26-17-9-6-15(7-10-17)14-22-16-8-11-19-18(13-16)21(25)24-12-4-2-3-5-20(24)23-19/h6-11,13,22H,2-5,12,14H2,1H3. The van der Waals surface area contributed by atoms with Crippen molar-refractivity contribution in [3.63, 3.8) is 0 Å². The number of methoxy groups -OCH3 is 1. The van der Waals surface area contributed by atoms with Crippen LogP contribution in [0.4, 0.5) is 5.69 Å². The molecule has 1 aromatic heterocycles. The first-order valence-electron chi connectivity index (χ1n) is 9.15. The average Bonchev–Trinajstić information content (AvgIpc) is 2.93. The second kappa shape index (κ2) is 7.20. The van der Waals surface area contributed by atoms with Crippen LogP contribution in [-0.4, -0.2) is 16.7 Å². The van der Waals surface area contributed by atoms with Gasteiger partial charge in [-0.2, -0.15) is 0 Å². The van der Waals surface area contributed by atoms with E-state index in [9.17, 15) is 4.79 Å². The minimum absolute atomic E-state index is 0.0833. The van der Waals surface area contributed by atoms with Crippen molar-refractivity contribution in [2.75, 3.05) is 12.4 Å². The Labute approximate surface area is 152 Å². The largest absolute Gasteiger partial charge is 0.497 e. The highest BCUT2D eigenvalue weighted by atomic mass is 16.5. The van der Waals surface area contributed by atoms with E-state index in [1.807, 2.05) is 47.0 Å². The molecule has 3 aromatic rings. The number of fused-ring (bicyclic) bond motifs is 2. The molecule has 0 spiro atoms. The van der Waals surface area contributed by atoms with Crippen molar-refractivity contribution in [3.8, 4) is 5.75 Å². The molecule has 2 aromatic carbocycles. The molecule has 1 aliphatic heterocycles. The molecule has 2 heterocycles. The molecular formula is C21H23N3O2. The molecule has 4 rings (SSSR count). The third-order valence-electron chi connectivity index (χ3n) is 4.97. The van der Waals surface area contributed by atoms with E-state index in [-0.39, 0.29) is 5.56 Å². The van der Waals surface area contributed by atoms with Crippen LogP contribution < -0.4 is 15.6 Å². The Kier molecular flexibility index (Phi) is 4.61. The average molecular weight is 349 g/mol. The van der Waals surface area contributed by atoms with Crippen LogP contribution in [0.3, 0.4) is 0 Å². The predicted octanol–water partition coefficient (Wildman–Crippen LogP) is 3.74. The number of ether oxygens (including phenoxy) is 1. The third-order valence-corrected chi connectivity index (χ3v) is 4.97. The van der Waals surface area contributed by atoms with E-state index < -0.39 is 0 Å². The summed E-state index contributed by atoms with van der Waals surface area (Å²) in [5.41, 5.74) is 2.96. The van der Waals surface area contributed by atoms with Crippen LogP contribution in [0.5, 0.6) is 5.75 Å². The summed E-state index contributed by atoms with van der Waals surface area (Å²) < 4.78 is 7.05. The number of hydrogen-bond donors (Lipinski definition) is 1. The highest BCUT2D eigenvalue weighted by Gasteiger charge is 2.13. The third kappa shape index (κ3) is 3.29. The van der Waals surface area contributed by atoms with Gasteiger partial charge in [0.15, 0.2) is 0 Å². The van der Waals surface area contributed by atoms with E-state index in [0.29, 0.717) is 11.9 Å². The highest BCUT2D eigenvalue weighted by Crippen LogP contribution is 2.19. The molecule has 0 bridgehead atoms. The van der Waals surface area contributed by atoms with Crippen molar-refractivity contribution in [1.29, 1.82) is 0 Å². The molecule has 26 heavy (non-hydrogen) atoms. The van der Waals surface area contributed by atoms with Gasteiger partial charge in [0.05, 0.1) is 18.0 Å². The van der Waals surface area contributed by atoms with Crippen molar-refractivity contribution in [2.45, 2.75) is 38.8 Å². The number of aromatic nitrogens is 2. The topological polar surface area (TPSA) is 56.1 Å². The number of nitrogens with zero attached hydrogens (tertiary/aromatic N) is 2. The summed E-state index contributed by atoms with van der Waals surface area (Å²) in [5.74, 6) is 1.78. The lowest BCUT2D eigenvalue weighted by molar-refractivity contribution is 0.414. The molecule has 0 fully saturated rings. The molecular weight excluding hydrogens is 326 g/mol. The van der Waals surface area contributed by atoms with E-state index in [4.69, 9.17) is 9.72 Å². The lowest BCUT2D eigenvalue weighted by atomic mass is 10.2. The van der Waals surface area contributed by atoms with Gasteiger partial charge in [-0.25, -0.2) is 4.98 Å². The van der Waals surface area contributed by atoms with Crippen molar-refractivity contribution in [1.82, 2.24) is 9.55 Å². The summed E-state index contributed by atoms with van der Waals surface area (Å²) in [4.78, 5) is 17.6. The van der Waals surface area contributed by atoms with Gasteiger partial charge in [0.2, 0.25) is 0 Å². The molecule has 5 heteroatoms. The number of anilines is 1. The first-order valence-corrected chi connectivity index (χ1v) is 9.15. The maximum atomic E-state index is 12.9. The SMILES string of the molecule is COc1ccc(CNc2ccc3nc4n(c(=O)c3c2)CCCCC4)cc1. The fourth-order valence-electron chi connectivity index (χ4n) is 3.48. The summed E-state index contributed by atoms with van der Waals surface area (Å²) >= 11 is 0. The van der Waals surface area contributed by atoms with Crippen molar-refractivity contribution in [3.05, 3.63) is 64.2 Å². The number of aryl methyl sites for hydroxylation is 1. The smallest absolute Gasteiger partial charge is 0.261 e. The number of hydrogen-bond acceptors (Lipinski definition) is 4. The lowest BCUT2D eigenvalue weighted by Gasteiger charge is -2.12. The zero-order valence-corrected chi connectivity index (χ0v) is 15.0. The van der Waals surface area contributed by atoms with Crippen molar-refractivity contribution in [2.24, 2.45) is 0 Å². The van der Waals surface area contributed by atoms with Gasteiger partial charge in [0.25, 0.3) is 5.56 Å². The monoisotopic (exact) mass is 349 g/mol. The van der Waals surface area contributed by atoms with Gasteiger partial charge in [0, 0.05) is 25.2 Å². The van der Waals surface area contributed by atoms with Crippen LogP contribution in [0.1, 0.15) is 30.7 Å². The minimum atomic E-state index is 0.0833. The Morgan fingerprint density at radius 3 is 2.77 bits per heavy atom. The fourth-order valence-corrected chi connectivity index (χ4v) is 3.48. The van der Waals surface area contributed by atoms with E-state index in [0.717, 1.165) is 60.6 Å². The molecule has 0 amide bonds. The van der Waals surface area contributed by atoms with E-state index in [2.05, 4.69) is 5.32 Å². The maximum Gasteiger partial charge on any atom is 0.261 e. The molecule has 134 valence electrons. The Balaban J connectivity index is 1.60. The second-order valence-corrected chi connectivity index (χ2v) is 6.73. The molecule has 0 radical (unpaired) electrons. The predicted molar refractivity (Wildman–Crippen MR) is 104 cm³/mol. The summed E-state index contributed by atoms with van der Waals surface area (Å²) in [7, 11) is 1.66. The number of rotatable bonds is 4. The number of nitrogens with one attached hydrogen (secondary N) is 1.